The van der Waals surface area contributed by atoms with Crippen LogP contribution in [0, 0.1) is 0 Å². The highest BCUT2D eigenvalue weighted by atomic mass is 79.9. The lowest BCUT2D eigenvalue weighted by Crippen LogP contribution is -2.03. The second-order valence-electron chi connectivity index (χ2n) is 3.68. The fraction of sp³-hybridized carbons (Fsp3) is 0. The van der Waals surface area contributed by atoms with Crippen LogP contribution in [0.4, 0.5) is 5.82 Å². The highest BCUT2D eigenvalue weighted by Gasteiger charge is 2.11. The quantitative estimate of drug-likeness (QED) is 0.790. The van der Waals surface area contributed by atoms with Gasteiger partial charge < -0.3 is 10.2 Å². The lowest BCUT2D eigenvalue weighted by molar-refractivity contribution is 0.579. The molecule has 0 spiro atoms. The molecule has 0 aromatic carbocycles. The first kappa shape index (κ1) is 11.0. The van der Waals surface area contributed by atoms with Crippen LogP contribution in [0.5, 0.6) is 0 Å². The molecular formula is C12H9BrN4O. The summed E-state index contributed by atoms with van der Waals surface area (Å²) >= 11 is 3.33. The van der Waals surface area contributed by atoms with E-state index in [9.17, 15) is 0 Å². The molecule has 0 unspecified atom stereocenters. The van der Waals surface area contributed by atoms with Crippen molar-refractivity contribution in [2.45, 2.75) is 0 Å². The van der Waals surface area contributed by atoms with Crippen LogP contribution < -0.4 is 5.73 Å². The molecule has 3 aromatic rings. The molecule has 2 N–H and O–H groups in total. The zero-order valence-electron chi connectivity index (χ0n) is 9.25. The van der Waals surface area contributed by atoms with Crippen molar-refractivity contribution in [1.29, 1.82) is 0 Å². The van der Waals surface area contributed by atoms with E-state index >= 15 is 0 Å². The number of nitrogen functional groups attached to an aromatic ring is 1. The van der Waals surface area contributed by atoms with Gasteiger partial charge in [-0.3, -0.25) is 0 Å². The smallest absolute Gasteiger partial charge is 0.155 e. The molecule has 0 atom stereocenters. The van der Waals surface area contributed by atoms with Gasteiger partial charge in [-0.2, -0.15) is 9.78 Å². The van der Waals surface area contributed by atoms with E-state index < -0.39 is 0 Å². The van der Waals surface area contributed by atoms with E-state index in [4.69, 9.17) is 10.2 Å². The van der Waals surface area contributed by atoms with Crippen LogP contribution in [0.1, 0.15) is 0 Å². The summed E-state index contributed by atoms with van der Waals surface area (Å²) in [7, 11) is 0. The highest BCUT2D eigenvalue weighted by Crippen LogP contribution is 2.22. The number of nitrogens with zero attached hydrogens (tertiary/aromatic N) is 3. The SMILES string of the molecule is Nc1cc(-c2ccco2)nn1-c1ccc(Br)cn1. The van der Waals surface area contributed by atoms with Crippen LogP contribution >= 0.6 is 15.9 Å². The fourth-order valence-corrected chi connectivity index (χ4v) is 1.85. The first-order valence-electron chi connectivity index (χ1n) is 5.25. The van der Waals surface area contributed by atoms with Crippen LogP contribution in [0.3, 0.4) is 0 Å². The Morgan fingerprint density at radius 1 is 1.28 bits per heavy atom. The van der Waals surface area contributed by atoms with E-state index in [0.29, 0.717) is 23.1 Å². The number of rotatable bonds is 2. The lowest BCUT2D eigenvalue weighted by atomic mass is 10.3. The fourth-order valence-electron chi connectivity index (χ4n) is 1.62. The van der Waals surface area contributed by atoms with Gasteiger partial charge in [0, 0.05) is 16.7 Å². The number of anilines is 1. The normalized spacial score (nSPS) is 10.7. The number of aromatic nitrogens is 3. The monoisotopic (exact) mass is 304 g/mol. The van der Waals surface area contributed by atoms with Gasteiger partial charge in [0.15, 0.2) is 11.6 Å². The molecule has 3 aromatic heterocycles. The molecule has 0 aliphatic heterocycles. The molecule has 0 amide bonds. The van der Waals surface area contributed by atoms with Gasteiger partial charge in [-0.05, 0) is 40.2 Å². The van der Waals surface area contributed by atoms with Crippen LogP contribution in [-0.4, -0.2) is 14.8 Å². The van der Waals surface area contributed by atoms with Crippen molar-refractivity contribution in [1.82, 2.24) is 14.8 Å². The summed E-state index contributed by atoms with van der Waals surface area (Å²) in [6.07, 6.45) is 3.30. The largest absolute Gasteiger partial charge is 0.463 e. The molecule has 0 aliphatic carbocycles. The van der Waals surface area contributed by atoms with Crippen molar-refractivity contribution < 1.29 is 4.42 Å². The molecule has 0 radical (unpaired) electrons. The number of pyridine rings is 1. The van der Waals surface area contributed by atoms with E-state index in [-0.39, 0.29) is 0 Å². The first-order chi connectivity index (χ1) is 8.74. The van der Waals surface area contributed by atoms with Crippen molar-refractivity contribution in [3.8, 4) is 17.3 Å². The second-order valence-corrected chi connectivity index (χ2v) is 4.59. The third kappa shape index (κ3) is 1.91. The minimum atomic E-state index is 0.510. The molecule has 18 heavy (non-hydrogen) atoms. The third-order valence-corrected chi connectivity index (χ3v) is 2.91. The predicted molar refractivity (Wildman–Crippen MR) is 71.2 cm³/mol. The third-order valence-electron chi connectivity index (χ3n) is 2.44. The molecule has 6 heteroatoms. The van der Waals surface area contributed by atoms with E-state index in [1.807, 2.05) is 24.3 Å². The van der Waals surface area contributed by atoms with Crippen LogP contribution in [-0.2, 0) is 0 Å². The van der Waals surface area contributed by atoms with Crippen LogP contribution in [0.15, 0.2) is 51.7 Å². The molecule has 90 valence electrons. The van der Waals surface area contributed by atoms with E-state index in [0.717, 1.165) is 4.47 Å². The number of nitrogens with two attached hydrogens (primary N) is 1. The Hall–Kier alpha value is -2.08. The summed E-state index contributed by atoms with van der Waals surface area (Å²) < 4.78 is 7.76. The maximum absolute atomic E-state index is 5.92. The van der Waals surface area contributed by atoms with Gasteiger partial charge in [-0.25, -0.2) is 4.98 Å². The molecule has 0 saturated carbocycles. The van der Waals surface area contributed by atoms with Gasteiger partial charge in [0.1, 0.15) is 11.5 Å². The summed E-state index contributed by atoms with van der Waals surface area (Å²) in [5.41, 5.74) is 6.61. The number of hydrogen-bond acceptors (Lipinski definition) is 4. The standard InChI is InChI=1S/C12H9BrN4O/c13-8-3-4-12(15-7-8)17-11(14)6-9(16-17)10-2-1-5-18-10/h1-7H,14H2. The zero-order chi connectivity index (χ0) is 12.5. The van der Waals surface area contributed by atoms with Crippen LogP contribution in [0.2, 0.25) is 0 Å². The Bertz CT molecular complexity index is 658. The molecule has 3 rings (SSSR count). The van der Waals surface area contributed by atoms with Crippen molar-refractivity contribution in [3.63, 3.8) is 0 Å². The summed E-state index contributed by atoms with van der Waals surface area (Å²) in [5.74, 6) is 1.85. The van der Waals surface area contributed by atoms with Gasteiger partial charge in [0.25, 0.3) is 0 Å². The molecular weight excluding hydrogens is 296 g/mol. The number of furan rings is 1. The van der Waals surface area contributed by atoms with Gasteiger partial charge in [0.2, 0.25) is 0 Å². The average molecular weight is 305 g/mol. The van der Waals surface area contributed by atoms with E-state index in [2.05, 4.69) is 26.0 Å². The zero-order valence-corrected chi connectivity index (χ0v) is 10.8. The summed E-state index contributed by atoms with van der Waals surface area (Å²) in [6, 6.07) is 9.11. The Morgan fingerprint density at radius 3 is 2.83 bits per heavy atom. The predicted octanol–water partition coefficient (Wildman–Crippen LogP) is 2.87. The number of hydrogen-bond donors (Lipinski definition) is 1. The number of halogens is 1. The average Bonchev–Trinajstić information content (AvgIpc) is 2.99. The second kappa shape index (κ2) is 4.30. The van der Waals surface area contributed by atoms with Gasteiger partial charge in [-0.15, -0.1) is 0 Å². The maximum Gasteiger partial charge on any atom is 0.155 e. The van der Waals surface area contributed by atoms with Crippen LogP contribution in [0.25, 0.3) is 17.3 Å². The Labute approximate surface area is 111 Å². The van der Waals surface area contributed by atoms with E-state index in [1.165, 1.54) is 0 Å². The molecule has 0 saturated heterocycles. The molecule has 5 nitrogen and oxygen atoms in total. The van der Waals surface area contributed by atoms with Gasteiger partial charge in [0.05, 0.1) is 6.26 Å². The molecule has 0 bridgehead atoms. The van der Waals surface area contributed by atoms with Gasteiger partial charge >= 0.3 is 0 Å². The molecule has 0 aliphatic rings. The summed E-state index contributed by atoms with van der Waals surface area (Å²) in [5, 5.41) is 4.37. The molecule has 0 fully saturated rings. The van der Waals surface area contributed by atoms with Crippen molar-refractivity contribution in [3.05, 3.63) is 47.3 Å². The van der Waals surface area contributed by atoms with Crippen molar-refractivity contribution in [2.75, 3.05) is 5.73 Å². The first-order valence-corrected chi connectivity index (χ1v) is 6.05. The van der Waals surface area contributed by atoms with Crippen molar-refractivity contribution >= 4 is 21.7 Å². The molecule has 3 heterocycles. The highest BCUT2D eigenvalue weighted by molar-refractivity contribution is 9.10. The minimum absolute atomic E-state index is 0.510. The van der Waals surface area contributed by atoms with Gasteiger partial charge in [-0.1, -0.05) is 0 Å². The minimum Gasteiger partial charge on any atom is -0.463 e. The van der Waals surface area contributed by atoms with E-state index in [1.54, 1.807) is 23.2 Å². The maximum atomic E-state index is 5.92. The summed E-state index contributed by atoms with van der Waals surface area (Å²) in [6.45, 7) is 0. The lowest BCUT2D eigenvalue weighted by Gasteiger charge is -2.01. The summed E-state index contributed by atoms with van der Waals surface area (Å²) in [4.78, 5) is 4.25. The Balaban J connectivity index is 2.06. The van der Waals surface area contributed by atoms with Crippen molar-refractivity contribution in [2.24, 2.45) is 0 Å². The Kier molecular flexibility index (Phi) is 2.64. The Morgan fingerprint density at radius 2 is 2.17 bits per heavy atom. The topological polar surface area (TPSA) is 69.9 Å².